The number of allylic oxidation sites excluding steroid dienone is 1. The molecule has 0 aromatic carbocycles. The molecule has 5 heteroatoms. The highest BCUT2D eigenvalue weighted by molar-refractivity contribution is 5.88. The van der Waals surface area contributed by atoms with Crippen molar-refractivity contribution in [2.45, 2.75) is 6.42 Å². The molecule has 0 aliphatic carbocycles. The van der Waals surface area contributed by atoms with Crippen molar-refractivity contribution in [3.05, 3.63) is 42.0 Å². The number of nitrogens with zero attached hydrogens (tertiary/aromatic N) is 3. The molecule has 0 unspecified atom stereocenters. The summed E-state index contributed by atoms with van der Waals surface area (Å²) in [5.74, 6) is -0.872. The van der Waals surface area contributed by atoms with Gasteiger partial charge in [-0.05, 0) is 6.07 Å². The fraction of sp³-hybridized carbons (Fsp3) is 0.0909. The van der Waals surface area contributed by atoms with Crippen LogP contribution >= 0.6 is 0 Å². The molecule has 0 bridgehead atoms. The zero-order valence-corrected chi connectivity index (χ0v) is 8.37. The number of rotatable bonds is 1. The lowest BCUT2D eigenvalue weighted by atomic mass is 10.1. The molecule has 0 saturated heterocycles. The maximum absolute atomic E-state index is 10.9. The molecule has 2 aliphatic heterocycles. The third-order valence-electron chi connectivity index (χ3n) is 2.66. The van der Waals surface area contributed by atoms with Crippen molar-refractivity contribution in [1.29, 1.82) is 0 Å². The predicted octanol–water partition coefficient (Wildman–Crippen LogP) is 1.34. The van der Waals surface area contributed by atoms with Gasteiger partial charge in [-0.3, -0.25) is 0 Å². The van der Waals surface area contributed by atoms with Crippen molar-refractivity contribution < 1.29 is 9.90 Å². The van der Waals surface area contributed by atoms with Crippen LogP contribution in [0, 0.1) is 0 Å². The van der Waals surface area contributed by atoms with Gasteiger partial charge in [-0.1, -0.05) is 6.08 Å². The number of hydrogen-bond acceptors (Lipinski definition) is 3. The molecule has 0 amide bonds. The summed E-state index contributed by atoms with van der Waals surface area (Å²) >= 11 is 0. The largest absolute Gasteiger partial charge is 0.478 e. The Morgan fingerprint density at radius 2 is 2.31 bits per heavy atom. The number of hydrogen-bond donors (Lipinski definition) is 1. The molecule has 16 heavy (non-hydrogen) atoms. The Kier molecular flexibility index (Phi) is 1.73. The summed E-state index contributed by atoms with van der Waals surface area (Å²) in [6, 6.07) is 1.90. The molecule has 1 N–H and O–H groups in total. The maximum atomic E-state index is 10.9. The van der Waals surface area contributed by atoms with Gasteiger partial charge in [-0.25, -0.2) is 9.48 Å². The molecule has 0 radical (unpaired) electrons. The number of carboxylic acid groups (broad SMARTS) is 1. The van der Waals surface area contributed by atoms with Crippen LogP contribution in [0.3, 0.4) is 0 Å². The van der Waals surface area contributed by atoms with Crippen molar-refractivity contribution in [3.8, 4) is 0 Å². The minimum Gasteiger partial charge on any atom is -0.478 e. The van der Waals surface area contributed by atoms with E-state index in [4.69, 9.17) is 5.11 Å². The number of aliphatic carboxylic acids is 1. The Morgan fingerprint density at radius 1 is 1.44 bits per heavy atom. The summed E-state index contributed by atoms with van der Waals surface area (Å²) in [4.78, 5) is 12.7. The van der Waals surface area contributed by atoms with Crippen LogP contribution in [0.25, 0.3) is 11.9 Å². The van der Waals surface area contributed by atoms with Gasteiger partial charge in [-0.15, -0.1) is 0 Å². The Labute approximate surface area is 91.6 Å². The average molecular weight is 215 g/mol. The van der Waals surface area contributed by atoms with E-state index in [0.29, 0.717) is 12.0 Å². The van der Waals surface area contributed by atoms with Crippen molar-refractivity contribution in [3.63, 3.8) is 0 Å². The standard InChI is InChI=1S/C11H9N3O2/c15-11(16)8-1-2-9-10-3-4-12-14(10)6-5-13(9)7-8/h2-7H,1H2,(H,15,16). The lowest BCUT2D eigenvalue weighted by Gasteiger charge is -2.27. The molecule has 2 aliphatic rings. The third kappa shape index (κ3) is 1.18. The van der Waals surface area contributed by atoms with E-state index in [1.165, 1.54) is 0 Å². The molecule has 3 heterocycles. The topological polar surface area (TPSA) is 58.4 Å². The first-order valence-electron chi connectivity index (χ1n) is 4.90. The zero-order valence-electron chi connectivity index (χ0n) is 8.37. The van der Waals surface area contributed by atoms with Gasteiger partial charge in [0.25, 0.3) is 0 Å². The minimum atomic E-state index is -0.872. The van der Waals surface area contributed by atoms with Gasteiger partial charge in [0.2, 0.25) is 0 Å². The van der Waals surface area contributed by atoms with Gasteiger partial charge >= 0.3 is 5.97 Å². The van der Waals surface area contributed by atoms with E-state index in [-0.39, 0.29) is 0 Å². The van der Waals surface area contributed by atoms with Crippen LogP contribution in [0.15, 0.2) is 36.3 Å². The van der Waals surface area contributed by atoms with E-state index >= 15 is 0 Å². The van der Waals surface area contributed by atoms with Crippen LogP contribution in [0.5, 0.6) is 0 Å². The smallest absolute Gasteiger partial charge is 0.333 e. The van der Waals surface area contributed by atoms with Crippen molar-refractivity contribution >= 4 is 17.9 Å². The Bertz CT molecular complexity index is 551. The molecular formula is C11H9N3O2. The normalized spacial score (nSPS) is 17.4. The van der Waals surface area contributed by atoms with Crippen molar-refractivity contribution in [1.82, 2.24) is 14.7 Å². The first-order chi connectivity index (χ1) is 7.75. The van der Waals surface area contributed by atoms with E-state index in [1.54, 1.807) is 29.5 Å². The second kappa shape index (κ2) is 3.10. The van der Waals surface area contributed by atoms with Gasteiger partial charge < -0.3 is 10.0 Å². The Balaban J connectivity index is 2.04. The van der Waals surface area contributed by atoms with Gasteiger partial charge in [0, 0.05) is 25.0 Å². The van der Waals surface area contributed by atoms with E-state index in [9.17, 15) is 4.79 Å². The number of carboxylic acids is 1. The number of carbonyl (C=O) groups is 1. The third-order valence-corrected chi connectivity index (χ3v) is 2.66. The molecule has 0 saturated carbocycles. The molecule has 0 spiro atoms. The fourth-order valence-corrected chi connectivity index (χ4v) is 1.88. The van der Waals surface area contributed by atoms with Gasteiger partial charge in [0.05, 0.1) is 23.2 Å². The van der Waals surface area contributed by atoms with E-state index < -0.39 is 5.97 Å². The fourth-order valence-electron chi connectivity index (χ4n) is 1.88. The van der Waals surface area contributed by atoms with Crippen molar-refractivity contribution in [2.24, 2.45) is 0 Å². The average Bonchev–Trinajstić information content (AvgIpc) is 2.76. The van der Waals surface area contributed by atoms with Gasteiger partial charge in [0.15, 0.2) is 0 Å². The summed E-state index contributed by atoms with van der Waals surface area (Å²) in [5.41, 5.74) is 2.34. The molecular weight excluding hydrogens is 206 g/mol. The number of aromatic nitrogens is 2. The Hall–Kier alpha value is -2.30. The van der Waals surface area contributed by atoms with Crippen LogP contribution in [0.4, 0.5) is 0 Å². The number of fused-ring (bicyclic) bond motifs is 3. The summed E-state index contributed by atoms with van der Waals surface area (Å²) in [6.07, 6.45) is 9.31. The second-order valence-electron chi connectivity index (χ2n) is 3.62. The molecule has 1 aromatic rings. The molecule has 5 nitrogen and oxygen atoms in total. The maximum Gasteiger partial charge on any atom is 0.333 e. The quantitative estimate of drug-likeness (QED) is 0.768. The first-order valence-corrected chi connectivity index (χ1v) is 4.90. The van der Waals surface area contributed by atoms with E-state index in [2.05, 4.69) is 5.10 Å². The van der Waals surface area contributed by atoms with Crippen LogP contribution < -0.4 is 0 Å². The highest BCUT2D eigenvalue weighted by Crippen LogP contribution is 2.29. The van der Waals surface area contributed by atoms with Crippen molar-refractivity contribution in [2.75, 3.05) is 0 Å². The van der Waals surface area contributed by atoms with Crippen LogP contribution in [0.2, 0.25) is 0 Å². The Morgan fingerprint density at radius 3 is 3.12 bits per heavy atom. The molecule has 1 aromatic heterocycles. The molecule has 3 rings (SSSR count). The molecule has 0 fully saturated rings. The summed E-state index contributed by atoms with van der Waals surface area (Å²) in [5, 5.41) is 13.0. The van der Waals surface area contributed by atoms with E-state index in [0.717, 1.165) is 11.4 Å². The lowest BCUT2D eigenvalue weighted by molar-refractivity contribution is -0.132. The van der Waals surface area contributed by atoms with Crippen LogP contribution in [-0.4, -0.2) is 25.8 Å². The molecule has 0 atom stereocenters. The lowest BCUT2D eigenvalue weighted by Crippen LogP contribution is -2.20. The first kappa shape index (κ1) is 8.96. The minimum absolute atomic E-state index is 0.390. The van der Waals surface area contributed by atoms with E-state index in [1.807, 2.05) is 17.0 Å². The SMILES string of the molecule is O=C(O)C1=CN2C=Cn3nccc3C2=CC1. The summed E-state index contributed by atoms with van der Waals surface area (Å²) < 4.78 is 1.77. The van der Waals surface area contributed by atoms with Crippen LogP contribution in [-0.2, 0) is 4.79 Å². The summed E-state index contributed by atoms with van der Waals surface area (Å²) in [7, 11) is 0. The zero-order chi connectivity index (χ0) is 11.1. The molecule has 80 valence electrons. The van der Waals surface area contributed by atoms with Crippen LogP contribution in [0.1, 0.15) is 12.1 Å². The summed E-state index contributed by atoms with van der Waals surface area (Å²) in [6.45, 7) is 0. The monoisotopic (exact) mass is 215 g/mol. The predicted molar refractivity (Wildman–Crippen MR) is 57.7 cm³/mol. The highest BCUT2D eigenvalue weighted by Gasteiger charge is 2.21. The van der Waals surface area contributed by atoms with Gasteiger partial charge in [-0.2, -0.15) is 5.10 Å². The van der Waals surface area contributed by atoms with Gasteiger partial charge in [0.1, 0.15) is 0 Å². The highest BCUT2D eigenvalue weighted by atomic mass is 16.4. The second-order valence-corrected chi connectivity index (χ2v) is 3.62.